The minimum absolute atomic E-state index is 0.0810. The summed E-state index contributed by atoms with van der Waals surface area (Å²) in [6.45, 7) is 0. The normalized spacial score (nSPS) is 18.8. The maximum absolute atomic E-state index is 12.9. The minimum Gasteiger partial charge on any atom is -0.356 e. The third kappa shape index (κ3) is 5.65. The SMILES string of the molecule is CN(c1ncnc2[nH]ccc12)C1CCC(CS(=O)(=O)Cc2ccccccccc2)CC1. The van der Waals surface area contributed by atoms with Crippen molar-refractivity contribution < 1.29 is 8.42 Å². The van der Waals surface area contributed by atoms with E-state index in [0.717, 1.165) is 48.1 Å². The number of nitrogens with zero attached hydrogens (tertiary/aromatic N) is 3. The van der Waals surface area contributed by atoms with Crippen LogP contribution in [-0.2, 0) is 15.6 Å². The quantitative estimate of drug-likeness (QED) is 0.589. The maximum atomic E-state index is 12.9. The van der Waals surface area contributed by atoms with Crippen molar-refractivity contribution in [3.05, 3.63) is 78.8 Å². The van der Waals surface area contributed by atoms with Gasteiger partial charge >= 0.3 is 0 Å². The number of H-pyrrole nitrogens is 1. The molecule has 1 aliphatic carbocycles. The first-order chi connectivity index (χ1) is 15.5. The van der Waals surface area contributed by atoms with Gasteiger partial charge in [0.1, 0.15) is 17.8 Å². The topological polar surface area (TPSA) is 79.0 Å². The van der Waals surface area contributed by atoms with Gasteiger partial charge in [-0.1, -0.05) is 54.6 Å². The zero-order valence-electron chi connectivity index (χ0n) is 18.4. The molecule has 0 saturated heterocycles. The molecule has 3 aromatic rings. The van der Waals surface area contributed by atoms with E-state index in [-0.39, 0.29) is 17.4 Å². The Morgan fingerprint density at radius 2 is 1.59 bits per heavy atom. The number of aromatic nitrogens is 3. The highest BCUT2D eigenvalue weighted by Gasteiger charge is 2.28. The molecule has 2 aromatic heterocycles. The molecule has 1 aliphatic rings. The number of hydrogen-bond acceptors (Lipinski definition) is 5. The second-order valence-corrected chi connectivity index (χ2v) is 10.6. The molecule has 7 heteroatoms. The molecular weight excluding hydrogens is 420 g/mol. The Kier molecular flexibility index (Phi) is 7.05. The highest BCUT2D eigenvalue weighted by atomic mass is 32.2. The predicted molar refractivity (Wildman–Crippen MR) is 130 cm³/mol. The molecule has 0 aliphatic heterocycles. The first-order valence-electron chi connectivity index (χ1n) is 11.1. The molecule has 0 bridgehead atoms. The van der Waals surface area contributed by atoms with E-state index in [1.54, 1.807) is 6.33 Å². The van der Waals surface area contributed by atoms with Gasteiger partial charge < -0.3 is 9.88 Å². The first-order valence-corrected chi connectivity index (χ1v) is 12.9. The van der Waals surface area contributed by atoms with E-state index in [1.807, 2.05) is 66.9 Å². The summed E-state index contributed by atoms with van der Waals surface area (Å²) in [6.07, 6.45) is 7.23. The first kappa shape index (κ1) is 22.3. The van der Waals surface area contributed by atoms with Gasteiger partial charge in [0.15, 0.2) is 9.84 Å². The lowest BCUT2D eigenvalue weighted by Gasteiger charge is -2.35. The molecule has 0 radical (unpaired) electrons. The molecule has 32 heavy (non-hydrogen) atoms. The molecular formula is C25H30N4O2S. The number of sulfone groups is 1. The fraction of sp³-hybridized carbons (Fsp3) is 0.360. The van der Waals surface area contributed by atoms with Crippen LogP contribution in [0.15, 0.2) is 73.2 Å². The van der Waals surface area contributed by atoms with Crippen molar-refractivity contribution in [2.24, 2.45) is 5.92 Å². The zero-order chi connectivity index (χ0) is 22.4. The van der Waals surface area contributed by atoms with Gasteiger partial charge in [0.05, 0.1) is 16.9 Å². The summed E-state index contributed by atoms with van der Waals surface area (Å²) in [5.74, 6) is 1.48. The van der Waals surface area contributed by atoms with Crippen molar-refractivity contribution in [1.82, 2.24) is 15.0 Å². The van der Waals surface area contributed by atoms with E-state index in [1.165, 1.54) is 0 Å². The second kappa shape index (κ2) is 10.1. The van der Waals surface area contributed by atoms with E-state index in [0.29, 0.717) is 6.04 Å². The molecule has 1 fully saturated rings. The van der Waals surface area contributed by atoms with Crippen molar-refractivity contribution >= 4 is 26.7 Å². The molecule has 1 saturated carbocycles. The van der Waals surface area contributed by atoms with E-state index in [4.69, 9.17) is 0 Å². The number of aromatic amines is 1. The summed E-state index contributed by atoms with van der Waals surface area (Å²) >= 11 is 0. The average molecular weight is 451 g/mol. The maximum Gasteiger partial charge on any atom is 0.154 e. The molecule has 2 heterocycles. The Balaban J connectivity index is 1.37. The van der Waals surface area contributed by atoms with Crippen LogP contribution in [0.5, 0.6) is 0 Å². The molecule has 6 nitrogen and oxygen atoms in total. The van der Waals surface area contributed by atoms with Gasteiger partial charge in [0, 0.05) is 19.3 Å². The highest BCUT2D eigenvalue weighted by molar-refractivity contribution is 7.90. The third-order valence-electron chi connectivity index (χ3n) is 6.19. The number of anilines is 1. The third-order valence-corrected chi connectivity index (χ3v) is 7.95. The van der Waals surface area contributed by atoms with Crippen LogP contribution in [0.1, 0.15) is 31.2 Å². The molecule has 0 spiro atoms. The van der Waals surface area contributed by atoms with Crippen LogP contribution in [0.25, 0.3) is 11.0 Å². The Morgan fingerprint density at radius 1 is 0.938 bits per heavy atom. The molecule has 1 aromatic carbocycles. The summed E-state index contributed by atoms with van der Waals surface area (Å²) in [5, 5.41) is 1.02. The van der Waals surface area contributed by atoms with Crippen molar-refractivity contribution in [3.63, 3.8) is 0 Å². The van der Waals surface area contributed by atoms with Gasteiger partial charge in [-0.05, 0) is 43.2 Å². The Bertz CT molecular complexity index is 1170. The summed E-state index contributed by atoms with van der Waals surface area (Å²) < 4.78 is 25.8. The number of rotatable bonds is 6. The predicted octanol–water partition coefficient (Wildman–Crippen LogP) is 4.69. The van der Waals surface area contributed by atoms with Gasteiger partial charge in [-0.2, -0.15) is 0 Å². The summed E-state index contributed by atoms with van der Waals surface area (Å²) in [6, 6.07) is 19.5. The van der Waals surface area contributed by atoms with Crippen LogP contribution in [0.3, 0.4) is 0 Å². The Hall–Kier alpha value is -2.93. The van der Waals surface area contributed by atoms with Crippen molar-refractivity contribution in [2.45, 2.75) is 37.5 Å². The van der Waals surface area contributed by atoms with Gasteiger partial charge in [-0.3, -0.25) is 0 Å². The Morgan fingerprint density at radius 3 is 2.28 bits per heavy atom. The van der Waals surface area contributed by atoms with E-state index >= 15 is 0 Å². The van der Waals surface area contributed by atoms with Crippen LogP contribution < -0.4 is 4.90 Å². The summed E-state index contributed by atoms with van der Waals surface area (Å²) in [4.78, 5) is 14.1. The minimum atomic E-state index is -3.18. The summed E-state index contributed by atoms with van der Waals surface area (Å²) in [5.41, 5.74) is 1.65. The van der Waals surface area contributed by atoms with Crippen molar-refractivity contribution in [3.8, 4) is 0 Å². The van der Waals surface area contributed by atoms with E-state index < -0.39 is 9.84 Å². The fourth-order valence-corrected chi connectivity index (χ4v) is 6.38. The average Bonchev–Trinajstić information content (AvgIpc) is 3.27. The largest absolute Gasteiger partial charge is 0.356 e. The van der Waals surface area contributed by atoms with Gasteiger partial charge in [-0.25, -0.2) is 18.4 Å². The standard InChI is InChI=1S/C25H30N4O2S/c1-29(25-23-15-16-26-24(23)27-19-28-25)22-13-11-21(12-14-22)18-32(30,31)17-20-9-7-5-3-2-4-6-8-10-20/h2-10,15-16,19,21-22H,11-14,17-18H2,1H3,(H,26,27,28). The van der Waals surface area contributed by atoms with Crippen LogP contribution in [0.2, 0.25) is 0 Å². The van der Waals surface area contributed by atoms with Crippen molar-refractivity contribution in [1.29, 1.82) is 0 Å². The van der Waals surface area contributed by atoms with Gasteiger partial charge in [0.2, 0.25) is 0 Å². The van der Waals surface area contributed by atoms with Crippen LogP contribution >= 0.6 is 0 Å². The Labute approximate surface area is 190 Å². The lowest BCUT2D eigenvalue weighted by atomic mass is 9.86. The van der Waals surface area contributed by atoms with Crippen LogP contribution in [0, 0.1) is 5.92 Å². The lowest BCUT2D eigenvalue weighted by molar-refractivity contribution is 0.340. The molecule has 1 N–H and O–H groups in total. The van der Waals surface area contributed by atoms with Crippen molar-refractivity contribution in [2.75, 3.05) is 17.7 Å². The second-order valence-electron chi connectivity index (χ2n) is 8.53. The number of fused-ring (bicyclic) bond motifs is 1. The van der Waals surface area contributed by atoms with E-state index in [2.05, 4.69) is 26.9 Å². The zero-order valence-corrected chi connectivity index (χ0v) is 19.2. The van der Waals surface area contributed by atoms with Gasteiger partial charge in [-0.15, -0.1) is 0 Å². The van der Waals surface area contributed by atoms with Crippen LogP contribution in [0.4, 0.5) is 5.82 Å². The molecule has 0 unspecified atom stereocenters. The monoisotopic (exact) mass is 450 g/mol. The number of nitrogens with one attached hydrogen (secondary N) is 1. The highest BCUT2D eigenvalue weighted by Crippen LogP contribution is 2.32. The van der Waals surface area contributed by atoms with Crippen LogP contribution in [-0.4, -0.2) is 42.2 Å². The molecule has 0 atom stereocenters. The lowest BCUT2D eigenvalue weighted by Crippen LogP contribution is -2.37. The molecule has 0 amide bonds. The smallest absolute Gasteiger partial charge is 0.154 e. The molecule has 168 valence electrons. The summed E-state index contributed by atoms with van der Waals surface area (Å²) in [7, 11) is -1.10. The molecule has 4 rings (SSSR count). The fourth-order valence-electron chi connectivity index (χ4n) is 4.51. The van der Waals surface area contributed by atoms with E-state index in [9.17, 15) is 8.42 Å². The van der Waals surface area contributed by atoms with Gasteiger partial charge in [0.25, 0.3) is 0 Å². The number of hydrogen-bond donors (Lipinski definition) is 1.